The molecule has 1 atom stereocenters. The number of hydrogen-bond donors (Lipinski definition) is 2. The van der Waals surface area contributed by atoms with E-state index in [9.17, 15) is 18.0 Å². The van der Waals surface area contributed by atoms with Crippen LogP contribution in [0.15, 0.2) is 0 Å². The standard InChI is InChI=1S/C11H21N3O5S/c1-12-4-5-13(2)11(17)14(7-10(15)16)9-3-6-20(18,19)8-9/h9,12H,3-8H2,1-2H3,(H,15,16). The van der Waals surface area contributed by atoms with E-state index in [1.165, 1.54) is 4.90 Å². The van der Waals surface area contributed by atoms with E-state index in [2.05, 4.69) is 5.32 Å². The smallest absolute Gasteiger partial charge is 0.323 e. The number of carbonyl (C=O) groups excluding carboxylic acids is 1. The average Bonchev–Trinajstić information content (AvgIpc) is 2.72. The normalized spacial score (nSPS) is 20.6. The molecule has 20 heavy (non-hydrogen) atoms. The summed E-state index contributed by atoms with van der Waals surface area (Å²) in [6, 6.07) is -1.01. The van der Waals surface area contributed by atoms with Gasteiger partial charge in [0.2, 0.25) is 0 Å². The number of sulfone groups is 1. The Balaban J connectivity index is 2.78. The molecule has 2 amide bonds. The van der Waals surface area contributed by atoms with Gasteiger partial charge in [0.15, 0.2) is 9.84 Å². The Morgan fingerprint density at radius 1 is 1.40 bits per heavy atom. The highest BCUT2D eigenvalue weighted by molar-refractivity contribution is 7.91. The van der Waals surface area contributed by atoms with Crippen LogP contribution in [0.5, 0.6) is 0 Å². The fraction of sp³-hybridized carbons (Fsp3) is 0.818. The van der Waals surface area contributed by atoms with Crippen LogP contribution in [0.25, 0.3) is 0 Å². The second-order valence-electron chi connectivity index (χ2n) is 4.89. The third-order valence-corrected chi connectivity index (χ3v) is 4.97. The lowest BCUT2D eigenvalue weighted by Gasteiger charge is -2.31. The number of amides is 2. The highest BCUT2D eigenvalue weighted by atomic mass is 32.2. The monoisotopic (exact) mass is 307 g/mol. The lowest BCUT2D eigenvalue weighted by atomic mass is 10.2. The number of carbonyl (C=O) groups is 2. The fourth-order valence-electron chi connectivity index (χ4n) is 2.11. The largest absolute Gasteiger partial charge is 0.480 e. The van der Waals surface area contributed by atoms with Gasteiger partial charge < -0.3 is 20.2 Å². The first-order valence-electron chi connectivity index (χ1n) is 6.35. The molecule has 0 aromatic heterocycles. The second-order valence-corrected chi connectivity index (χ2v) is 7.11. The van der Waals surface area contributed by atoms with Crippen molar-refractivity contribution in [1.82, 2.24) is 15.1 Å². The molecule has 0 bridgehead atoms. The van der Waals surface area contributed by atoms with Crippen LogP contribution >= 0.6 is 0 Å². The zero-order valence-corrected chi connectivity index (χ0v) is 12.5. The van der Waals surface area contributed by atoms with E-state index in [0.717, 1.165) is 4.90 Å². The Morgan fingerprint density at radius 2 is 2.05 bits per heavy atom. The van der Waals surface area contributed by atoms with Crippen LogP contribution in [0.4, 0.5) is 4.79 Å². The van der Waals surface area contributed by atoms with Gasteiger partial charge in [0.25, 0.3) is 0 Å². The summed E-state index contributed by atoms with van der Waals surface area (Å²) in [6.45, 7) is 0.514. The van der Waals surface area contributed by atoms with E-state index >= 15 is 0 Å². The molecule has 0 saturated carbocycles. The van der Waals surface area contributed by atoms with Gasteiger partial charge >= 0.3 is 12.0 Å². The minimum Gasteiger partial charge on any atom is -0.480 e. The second kappa shape index (κ2) is 6.89. The van der Waals surface area contributed by atoms with Crippen molar-refractivity contribution in [2.75, 3.05) is 45.2 Å². The van der Waals surface area contributed by atoms with Crippen molar-refractivity contribution < 1.29 is 23.1 Å². The van der Waals surface area contributed by atoms with Crippen molar-refractivity contribution in [3.8, 4) is 0 Å². The minimum absolute atomic E-state index is 0.00129. The zero-order valence-electron chi connectivity index (χ0n) is 11.7. The van der Waals surface area contributed by atoms with Crippen LogP contribution in [0, 0.1) is 0 Å². The number of aliphatic carboxylic acids is 1. The molecule has 0 aromatic rings. The maximum absolute atomic E-state index is 12.2. The highest BCUT2D eigenvalue weighted by Crippen LogP contribution is 2.18. The van der Waals surface area contributed by atoms with Crippen LogP contribution in [0.1, 0.15) is 6.42 Å². The van der Waals surface area contributed by atoms with Crippen molar-refractivity contribution in [3.05, 3.63) is 0 Å². The summed E-state index contributed by atoms with van der Waals surface area (Å²) >= 11 is 0. The third-order valence-electron chi connectivity index (χ3n) is 3.22. The molecular weight excluding hydrogens is 286 g/mol. The summed E-state index contributed by atoms with van der Waals surface area (Å²) in [5.74, 6) is -1.31. The number of nitrogens with zero attached hydrogens (tertiary/aromatic N) is 2. The van der Waals surface area contributed by atoms with Crippen LogP contribution in [-0.2, 0) is 14.6 Å². The van der Waals surface area contributed by atoms with Crippen molar-refractivity contribution in [1.29, 1.82) is 0 Å². The first-order valence-corrected chi connectivity index (χ1v) is 8.17. The molecule has 0 radical (unpaired) electrons. The van der Waals surface area contributed by atoms with E-state index in [0.29, 0.717) is 19.5 Å². The Labute approximate surface area is 118 Å². The SMILES string of the molecule is CNCCN(C)C(=O)N(CC(=O)O)C1CCS(=O)(=O)C1. The lowest BCUT2D eigenvalue weighted by molar-refractivity contribution is -0.138. The number of likely N-dealkylation sites (N-methyl/N-ethyl adjacent to an activating group) is 2. The molecule has 1 fully saturated rings. The Kier molecular flexibility index (Phi) is 5.75. The van der Waals surface area contributed by atoms with E-state index in [1.54, 1.807) is 14.1 Å². The molecule has 0 aliphatic carbocycles. The molecule has 116 valence electrons. The molecule has 1 heterocycles. The van der Waals surface area contributed by atoms with Crippen LogP contribution in [-0.4, -0.2) is 86.6 Å². The number of urea groups is 1. The molecule has 2 N–H and O–H groups in total. The topological polar surface area (TPSA) is 107 Å². The van der Waals surface area contributed by atoms with Gasteiger partial charge in [-0.2, -0.15) is 0 Å². The van der Waals surface area contributed by atoms with E-state index in [1.807, 2.05) is 0 Å². The number of hydrogen-bond acceptors (Lipinski definition) is 5. The van der Waals surface area contributed by atoms with E-state index < -0.39 is 34.4 Å². The number of carboxylic acids is 1. The Bertz CT molecular complexity index is 465. The van der Waals surface area contributed by atoms with Gasteiger partial charge in [-0.25, -0.2) is 13.2 Å². The summed E-state index contributed by atoms with van der Waals surface area (Å²) in [5.41, 5.74) is 0. The van der Waals surface area contributed by atoms with E-state index in [4.69, 9.17) is 5.11 Å². The molecule has 0 aromatic carbocycles. The van der Waals surface area contributed by atoms with Crippen LogP contribution in [0.2, 0.25) is 0 Å². The number of nitrogens with one attached hydrogen (secondary N) is 1. The van der Waals surface area contributed by atoms with Gasteiger partial charge in [0.1, 0.15) is 6.54 Å². The van der Waals surface area contributed by atoms with Crippen molar-refractivity contribution >= 4 is 21.8 Å². The Hall–Kier alpha value is -1.35. The van der Waals surface area contributed by atoms with Gasteiger partial charge in [-0.3, -0.25) is 4.79 Å². The average molecular weight is 307 g/mol. The maximum atomic E-state index is 12.2. The third kappa shape index (κ3) is 4.64. The van der Waals surface area contributed by atoms with Gasteiger partial charge in [0, 0.05) is 26.2 Å². The van der Waals surface area contributed by atoms with Gasteiger partial charge in [-0.05, 0) is 13.5 Å². The predicted octanol–water partition coefficient (Wildman–Crippen LogP) is -1.17. The summed E-state index contributed by atoms with van der Waals surface area (Å²) in [6.07, 6.45) is 0.293. The van der Waals surface area contributed by atoms with Crippen molar-refractivity contribution in [2.45, 2.75) is 12.5 Å². The first kappa shape index (κ1) is 16.7. The number of carboxylic acid groups (broad SMARTS) is 1. The summed E-state index contributed by atoms with van der Waals surface area (Å²) < 4.78 is 23.0. The molecule has 1 saturated heterocycles. The minimum atomic E-state index is -3.17. The quantitative estimate of drug-likeness (QED) is 0.640. The maximum Gasteiger partial charge on any atom is 0.323 e. The molecule has 1 rings (SSSR count). The van der Waals surface area contributed by atoms with Crippen LogP contribution in [0.3, 0.4) is 0 Å². The van der Waals surface area contributed by atoms with Gasteiger partial charge in [0.05, 0.1) is 11.5 Å². The van der Waals surface area contributed by atoms with Crippen molar-refractivity contribution in [2.24, 2.45) is 0 Å². The first-order chi connectivity index (χ1) is 9.26. The summed E-state index contributed by atoms with van der Waals surface area (Å²) in [5, 5.41) is 11.8. The number of rotatable bonds is 6. The highest BCUT2D eigenvalue weighted by Gasteiger charge is 2.36. The molecule has 8 nitrogen and oxygen atoms in total. The van der Waals surface area contributed by atoms with Gasteiger partial charge in [-0.1, -0.05) is 0 Å². The van der Waals surface area contributed by atoms with Crippen LogP contribution < -0.4 is 5.32 Å². The predicted molar refractivity (Wildman–Crippen MR) is 73.4 cm³/mol. The van der Waals surface area contributed by atoms with E-state index in [-0.39, 0.29) is 11.5 Å². The summed E-state index contributed by atoms with van der Waals surface area (Å²) in [7, 11) is 0.144. The molecule has 1 aliphatic rings. The zero-order chi connectivity index (χ0) is 15.3. The summed E-state index contributed by atoms with van der Waals surface area (Å²) in [4.78, 5) is 25.7. The lowest BCUT2D eigenvalue weighted by Crippen LogP contribution is -2.50. The molecule has 1 unspecified atom stereocenters. The van der Waals surface area contributed by atoms with Gasteiger partial charge in [-0.15, -0.1) is 0 Å². The van der Waals surface area contributed by atoms with Crippen molar-refractivity contribution in [3.63, 3.8) is 0 Å². The fourth-order valence-corrected chi connectivity index (χ4v) is 3.84. The molecule has 9 heteroatoms. The molecular formula is C11H21N3O5S. The molecule has 1 aliphatic heterocycles. The Morgan fingerprint density at radius 3 is 2.50 bits per heavy atom. The molecule has 0 spiro atoms.